The van der Waals surface area contributed by atoms with Crippen molar-refractivity contribution in [3.05, 3.63) is 60.2 Å². The molecule has 0 radical (unpaired) electrons. The van der Waals surface area contributed by atoms with E-state index >= 15 is 0 Å². The Morgan fingerprint density at radius 2 is 1.56 bits per heavy atom. The minimum absolute atomic E-state index is 0.0163. The van der Waals surface area contributed by atoms with Crippen molar-refractivity contribution in [1.82, 2.24) is 9.80 Å². The van der Waals surface area contributed by atoms with Crippen LogP contribution in [-0.4, -0.2) is 81.4 Å². The van der Waals surface area contributed by atoms with Crippen LogP contribution in [0.2, 0.25) is 0 Å². The molecule has 1 saturated heterocycles. The monoisotopic (exact) mass is 434 g/mol. The summed E-state index contributed by atoms with van der Waals surface area (Å²) in [6.07, 6.45) is 1.47. The molecule has 0 N–H and O–H groups in total. The number of nitrogens with zero attached hydrogens (tertiary/aromatic N) is 4. The highest BCUT2D eigenvalue weighted by Gasteiger charge is 2.39. The van der Waals surface area contributed by atoms with Crippen LogP contribution in [0.3, 0.4) is 0 Å². The predicted molar refractivity (Wildman–Crippen MR) is 129 cm³/mol. The van der Waals surface area contributed by atoms with Crippen LogP contribution in [0, 0.1) is 5.92 Å². The highest BCUT2D eigenvalue weighted by atomic mass is 16.2. The summed E-state index contributed by atoms with van der Waals surface area (Å²) in [4.78, 5) is 35.3. The fourth-order valence-corrected chi connectivity index (χ4v) is 4.73. The Labute approximate surface area is 191 Å². The number of ketones is 1. The van der Waals surface area contributed by atoms with E-state index in [0.717, 1.165) is 51.4 Å². The molecule has 2 aromatic rings. The maximum atomic E-state index is 13.3. The number of hydrogen-bond donors (Lipinski definition) is 0. The third kappa shape index (κ3) is 5.03. The first-order chi connectivity index (χ1) is 15.5. The van der Waals surface area contributed by atoms with Gasteiger partial charge in [-0.3, -0.25) is 14.5 Å². The standard InChI is InChI=1S/C26H34N4O2/c1-27(2)14-8-15-30-24-12-7-6-11-22(24)25(31)23(26(30)32)13-16-28-17-19-29(20-18-28)21-9-4-3-5-10-21/h3-7,9-12,23H,8,13-20H2,1-2H3. The van der Waals surface area contributed by atoms with Gasteiger partial charge in [0.25, 0.3) is 0 Å². The third-order valence-electron chi connectivity index (χ3n) is 6.56. The Bertz CT molecular complexity index is 922. The molecule has 32 heavy (non-hydrogen) atoms. The Morgan fingerprint density at radius 1 is 0.875 bits per heavy atom. The van der Waals surface area contributed by atoms with E-state index in [1.54, 1.807) is 0 Å². The van der Waals surface area contributed by atoms with Crippen LogP contribution in [-0.2, 0) is 4.79 Å². The first-order valence-electron chi connectivity index (χ1n) is 11.7. The molecular weight excluding hydrogens is 400 g/mol. The molecule has 0 aromatic heterocycles. The van der Waals surface area contributed by atoms with Crippen molar-refractivity contribution in [1.29, 1.82) is 0 Å². The Kier molecular flexibility index (Phi) is 7.22. The lowest BCUT2D eigenvalue weighted by atomic mass is 9.87. The number of para-hydroxylation sites is 2. The van der Waals surface area contributed by atoms with Gasteiger partial charge >= 0.3 is 0 Å². The van der Waals surface area contributed by atoms with Crippen LogP contribution >= 0.6 is 0 Å². The number of hydrogen-bond acceptors (Lipinski definition) is 5. The van der Waals surface area contributed by atoms with Crippen LogP contribution in [0.5, 0.6) is 0 Å². The molecule has 2 aromatic carbocycles. The van der Waals surface area contributed by atoms with Crippen molar-refractivity contribution in [3.8, 4) is 0 Å². The Hall–Kier alpha value is -2.70. The zero-order chi connectivity index (χ0) is 22.5. The lowest BCUT2D eigenvalue weighted by molar-refractivity contribution is -0.121. The van der Waals surface area contributed by atoms with Gasteiger partial charge < -0.3 is 14.7 Å². The molecule has 0 saturated carbocycles. The molecular formula is C26H34N4O2. The third-order valence-corrected chi connectivity index (χ3v) is 6.56. The summed E-state index contributed by atoms with van der Waals surface area (Å²) in [6.45, 7) is 6.18. The van der Waals surface area contributed by atoms with Crippen LogP contribution in [0.1, 0.15) is 23.2 Å². The molecule has 4 rings (SSSR count). The number of fused-ring (bicyclic) bond motifs is 1. The minimum atomic E-state index is -0.573. The molecule has 2 heterocycles. The smallest absolute Gasteiger partial charge is 0.238 e. The maximum absolute atomic E-state index is 13.3. The highest BCUT2D eigenvalue weighted by molar-refractivity contribution is 6.21. The molecule has 1 amide bonds. The lowest BCUT2D eigenvalue weighted by Crippen LogP contribution is -2.49. The fraction of sp³-hybridized carbons (Fsp3) is 0.462. The molecule has 0 spiro atoms. The second-order valence-electron chi connectivity index (χ2n) is 9.03. The van der Waals surface area contributed by atoms with Crippen LogP contribution in [0.4, 0.5) is 11.4 Å². The Balaban J connectivity index is 1.38. The van der Waals surface area contributed by atoms with E-state index in [0.29, 0.717) is 18.5 Å². The summed E-state index contributed by atoms with van der Waals surface area (Å²) < 4.78 is 0. The average Bonchev–Trinajstić information content (AvgIpc) is 2.82. The van der Waals surface area contributed by atoms with Crippen molar-refractivity contribution >= 4 is 23.1 Å². The van der Waals surface area contributed by atoms with Crippen molar-refractivity contribution < 1.29 is 9.59 Å². The quantitative estimate of drug-likeness (QED) is 0.598. The van der Waals surface area contributed by atoms with E-state index in [2.05, 4.69) is 39.0 Å². The number of piperazine rings is 1. The number of Topliss-reactive ketones (excluding diaryl/α,β-unsaturated/α-hetero) is 1. The first-order valence-corrected chi connectivity index (χ1v) is 11.7. The molecule has 2 aliphatic rings. The zero-order valence-corrected chi connectivity index (χ0v) is 19.2. The molecule has 1 fully saturated rings. The van der Waals surface area contributed by atoms with Crippen molar-refractivity contribution in [2.45, 2.75) is 12.8 Å². The summed E-state index contributed by atoms with van der Waals surface area (Å²) in [5.41, 5.74) is 2.72. The van der Waals surface area contributed by atoms with E-state index < -0.39 is 5.92 Å². The van der Waals surface area contributed by atoms with Gasteiger partial charge in [0, 0.05) is 44.0 Å². The molecule has 170 valence electrons. The number of carbonyl (C=O) groups is 2. The summed E-state index contributed by atoms with van der Waals surface area (Å²) in [5.74, 6) is -0.621. The molecule has 2 aliphatic heterocycles. The SMILES string of the molecule is CN(C)CCCN1C(=O)C(CCN2CCN(c3ccccc3)CC2)C(=O)c2ccccc21. The second kappa shape index (κ2) is 10.3. The summed E-state index contributed by atoms with van der Waals surface area (Å²) >= 11 is 0. The van der Waals surface area contributed by atoms with Gasteiger partial charge in [-0.2, -0.15) is 0 Å². The molecule has 0 bridgehead atoms. The molecule has 6 nitrogen and oxygen atoms in total. The topological polar surface area (TPSA) is 47.1 Å². The van der Waals surface area contributed by atoms with Gasteiger partial charge in [0.15, 0.2) is 5.78 Å². The van der Waals surface area contributed by atoms with Gasteiger partial charge in [-0.15, -0.1) is 0 Å². The van der Waals surface area contributed by atoms with E-state index in [9.17, 15) is 9.59 Å². The molecule has 6 heteroatoms. The second-order valence-corrected chi connectivity index (χ2v) is 9.03. The lowest BCUT2D eigenvalue weighted by Gasteiger charge is -2.37. The number of benzene rings is 2. The number of rotatable bonds is 8. The number of amides is 1. The number of carbonyl (C=O) groups excluding carboxylic acids is 2. The van der Waals surface area contributed by atoms with Crippen LogP contribution < -0.4 is 9.80 Å². The Morgan fingerprint density at radius 3 is 2.28 bits per heavy atom. The minimum Gasteiger partial charge on any atom is -0.369 e. The average molecular weight is 435 g/mol. The van der Waals surface area contributed by atoms with Crippen LogP contribution in [0.25, 0.3) is 0 Å². The number of anilines is 2. The van der Waals surface area contributed by atoms with Crippen molar-refractivity contribution in [2.24, 2.45) is 5.92 Å². The van der Waals surface area contributed by atoms with Gasteiger partial charge in [0.1, 0.15) is 5.92 Å². The summed E-state index contributed by atoms with van der Waals surface area (Å²) in [7, 11) is 4.08. The van der Waals surface area contributed by atoms with Gasteiger partial charge in [-0.1, -0.05) is 30.3 Å². The van der Waals surface area contributed by atoms with Crippen molar-refractivity contribution in [3.63, 3.8) is 0 Å². The zero-order valence-electron chi connectivity index (χ0n) is 19.2. The van der Waals surface area contributed by atoms with E-state index in [1.165, 1.54) is 5.69 Å². The van der Waals surface area contributed by atoms with E-state index in [1.807, 2.05) is 49.3 Å². The van der Waals surface area contributed by atoms with Gasteiger partial charge in [0.05, 0.1) is 5.69 Å². The van der Waals surface area contributed by atoms with Gasteiger partial charge in [-0.05, 0) is 64.3 Å². The largest absolute Gasteiger partial charge is 0.369 e. The van der Waals surface area contributed by atoms with Gasteiger partial charge in [0.2, 0.25) is 5.91 Å². The van der Waals surface area contributed by atoms with Crippen molar-refractivity contribution in [2.75, 3.05) is 69.7 Å². The summed E-state index contributed by atoms with van der Waals surface area (Å²) in [6, 6.07) is 18.1. The maximum Gasteiger partial charge on any atom is 0.238 e. The molecule has 0 aliphatic carbocycles. The van der Waals surface area contributed by atoms with E-state index in [-0.39, 0.29) is 11.7 Å². The fourth-order valence-electron chi connectivity index (χ4n) is 4.73. The summed E-state index contributed by atoms with van der Waals surface area (Å²) in [5, 5.41) is 0. The molecule has 1 unspecified atom stereocenters. The molecule has 1 atom stereocenters. The highest BCUT2D eigenvalue weighted by Crippen LogP contribution is 2.32. The predicted octanol–water partition coefficient (Wildman–Crippen LogP) is 3.00. The normalized spacial score (nSPS) is 19.5. The van der Waals surface area contributed by atoms with Gasteiger partial charge in [-0.25, -0.2) is 0 Å². The van der Waals surface area contributed by atoms with Crippen LogP contribution in [0.15, 0.2) is 54.6 Å². The van der Waals surface area contributed by atoms with E-state index in [4.69, 9.17) is 0 Å². The first kappa shape index (κ1) is 22.5.